The Morgan fingerprint density at radius 1 is 1.43 bits per heavy atom. The molecule has 0 atom stereocenters. The van der Waals surface area contributed by atoms with Crippen molar-refractivity contribution in [3.63, 3.8) is 0 Å². The van der Waals surface area contributed by atoms with Crippen molar-refractivity contribution in [2.45, 2.75) is 4.90 Å². The first-order valence-electron chi connectivity index (χ1n) is 3.77. The number of nitriles is 1. The van der Waals surface area contributed by atoms with Crippen LogP contribution in [0.25, 0.3) is 0 Å². The van der Waals surface area contributed by atoms with Crippen molar-refractivity contribution >= 4 is 16.1 Å². The van der Waals surface area contributed by atoms with Crippen LogP contribution in [0, 0.1) is 11.3 Å². The van der Waals surface area contributed by atoms with Gasteiger partial charge in [0.25, 0.3) is 0 Å². The topological polar surface area (TPSA) is 75.0 Å². The second kappa shape index (κ2) is 4.03. The van der Waals surface area contributed by atoms with Gasteiger partial charge in [-0.3, -0.25) is 0 Å². The fourth-order valence-electron chi connectivity index (χ4n) is 0.945. The van der Waals surface area contributed by atoms with Crippen LogP contribution < -0.4 is 0 Å². The molecule has 0 fully saturated rings. The van der Waals surface area contributed by atoms with Crippen molar-refractivity contribution in [2.75, 3.05) is 5.75 Å². The maximum absolute atomic E-state index is 11.4. The van der Waals surface area contributed by atoms with E-state index in [4.69, 9.17) is 5.26 Å². The Hall–Kier alpha value is -1.67. The summed E-state index contributed by atoms with van der Waals surface area (Å²) in [4.78, 5) is 10.1. The van der Waals surface area contributed by atoms with Gasteiger partial charge in [-0.2, -0.15) is 5.26 Å². The molecule has 4 nitrogen and oxygen atoms in total. The SMILES string of the molecule is N#Cc1cccc(S(=O)(=O)CC=O)c1. The van der Waals surface area contributed by atoms with E-state index in [0.717, 1.165) is 0 Å². The zero-order valence-corrected chi connectivity index (χ0v) is 7.99. The van der Waals surface area contributed by atoms with Crippen LogP contribution in [0.3, 0.4) is 0 Å². The molecule has 0 saturated heterocycles. The average Bonchev–Trinajstić information content (AvgIpc) is 2.18. The van der Waals surface area contributed by atoms with Gasteiger partial charge in [0.1, 0.15) is 12.0 Å². The summed E-state index contributed by atoms with van der Waals surface area (Å²) < 4.78 is 22.7. The van der Waals surface area contributed by atoms with Crippen molar-refractivity contribution in [2.24, 2.45) is 0 Å². The van der Waals surface area contributed by atoms with Gasteiger partial charge in [-0.25, -0.2) is 8.42 Å². The molecular weight excluding hydrogens is 202 g/mol. The molecule has 0 N–H and O–H groups in total. The van der Waals surface area contributed by atoms with E-state index in [1.807, 2.05) is 6.07 Å². The Bertz CT molecular complexity index is 485. The minimum Gasteiger partial charge on any atom is -0.302 e. The maximum Gasteiger partial charge on any atom is 0.185 e. The highest BCUT2D eigenvalue weighted by Gasteiger charge is 2.13. The lowest BCUT2D eigenvalue weighted by Crippen LogP contribution is -2.07. The molecule has 72 valence electrons. The van der Waals surface area contributed by atoms with Crippen molar-refractivity contribution in [1.82, 2.24) is 0 Å². The van der Waals surface area contributed by atoms with Crippen LogP contribution in [0.15, 0.2) is 29.2 Å². The van der Waals surface area contributed by atoms with E-state index in [-0.39, 0.29) is 10.5 Å². The first-order chi connectivity index (χ1) is 6.60. The van der Waals surface area contributed by atoms with E-state index in [9.17, 15) is 13.2 Å². The van der Waals surface area contributed by atoms with E-state index in [1.54, 1.807) is 0 Å². The highest BCUT2D eigenvalue weighted by Crippen LogP contribution is 2.11. The normalized spacial score (nSPS) is 10.5. The summed E-state index contributed by atoms with van der Waals surface area (Å²) in [5.74, 6) is -0.554. The number of carbonyl (C=O) groups excluding carboxylic acids is 1. The molecule has 0 aliphatic heterocycles. The third-order valence-electron chi connectivity index (χ3n) is 1.61. The Kier molecular flexibility index (Phi) is 2.99. The van der Waals surface area contributed by atoms with Crippen LogP contribution in [0.2, 0.25) is 0 Å². The lowest BCUT2D eigenvalue weighted by molar-refractivity contribution is -0.105. The number of hydrogen-bond acceptors (Lipinski definition) is 4. The summed E-state index contributed by atoms with van der Waals surface area (Å²) in [7, 11) is -3.56. The molecule has 0 aliphatic rings. The number of aldehydes is 1. The zero-order valence-electron chi connectivity index (χ0n) is 7.17. The van der Waals surface area contributed by atoms with Gasteiger partial charge in [-0.05, 0) is 18.2 Å². The lowest BCUT2D eigenvalue weighted by atomic mass is 10.2. The van der Waals surface area contributed by atoms with Crippen LogP contribution in [-0.4, -0.2) is 20.5 Å². The third-order valence-corrected chi connectivity index (χ3v) is 3.16. The monoisotopic (exact) mass is 209 g/mol. The quantitative estimate of drug-likeness (QED) is 0.680. The Morgan fingerprint density at radius 3 is 2.71 bits per heavy atom. The summed E-state index contributed by atoms with van der Waals surface area (Å²) in [6, 6.07) is 7.41. The first-order valence-corrected chi connectivity index (χ1v) is 5.42. The fourth-order valence-corrected chi connectivity index (χ4v) is 1.91. The summed E-state index contributed by atoms with van der Waals surface area (Å²) in [5, 5.41) is 8.54. The van der Waals surface area contributed by atoms with Crippen molar-refractivity contribution in [1.29, 1.82) is 5.26 Å². The van der Waals surface area contributed by atoms with E-state index in [1.165, 1.54) is 24.3 Å². The predicted octanol–water partition coefficient (Wildman–Crippen LogP) is 0.531. The smallest absolute Gasteiger partial charge is 0.185 e. The highest BCUT2D eigenvalue weighted by atomic mass is 32.2. The molecule has 0 aliphatic carbocycles. The predicted molar refractivity (Wildman–Crippen MR) is 49.3 cm³/mol. The van der Waals surface area contributed by atoms with Gasteiger partial charge in [0.05, 0.1) is 16.5 Å². The molecule has 0 saturated carbocycles. The van der Waals surface area contributed by atoms with Crippen molar-refractivity contribution in [3.05, 3.63) is 29.8 Å². The van der Waals surface area contributed by atoms with Gasteiger partial charge in [0.2, 0.25) is 0 Å². The van der Waals surface area contributed by atoms with Gasteiger partial charge >= 0.3 is 0 Å². The van der Waals surface area contributed by atoms with Crippen LogP contribution in [0.4, 0.5) is 0 Å². The molecule has 14 heavy (non-hydrogen) atoms. The summed E-state index contributed by atoms with van der Waals surface area (Å²) in [6.07, 6.45) is 0.328. The molecule has 0 spiro atoms. The number of hydrogen-bond donors (Lipinski definition) is 0. The summed E-state index contributed by atoms with van der Waals surface area (Å²) >= 11 is 0. The van der Waals surface area contributed by atoms with Crippen molar-refractivity contribution < 1.29 is 13.2 Å². The first kappa shape index (κ1) is 10.4. The second-order valence-electron chi connectivity index (χ2n) is 2.59. The average molecular weight is 209 g/mol. The third kappa shape index (κ3) is 2.18. The largest absolute Gasteiger partial charge is 0.302 e. The highest BCUT2D eigenvalue weighted by molar-refractivity contribution is 7.92. The van der Waals surface area contributed by atoms with Gasteiger partial charge in [-0.1, -0.05) is 6.07 Å². The van der Waals surface area contributed by atoms with Crippen molar-refractivity contribution in [3.8, 4) is 6.07 Å². The van der Waals surface area contributed by atoms with Crippen LogP contribution in [-0.2, 0) is 14.6 Å². The Morgan fingerprint density at radius 2 is 2.14 bits per heavy atom. The number of benzene rings is 1. The van der Waals surface area contributed by atoms with E-state index >= 15 is 0 Å². The minimum absolute atomic E-state index is 0.00338. The fraction of sp³-hybridized carbons (Fsp3) is 0.111. The van der Waals surface area contributed by atoms with Gasteiger partial charge in [0, 0.05) is 0 Å². The maximum atomic E-state index is 11.4. The molecule has 0 amide bonds. The van der Waals surface area contributed by atoms with E-state index < -0.39 is 15.6 Å². The Labute approximate surface area is 81.7 Å². The van der Waals surface area contributed by atoms with Crippen LogP contribution >= 0.6 is 0 Å². The summed E-state index contributed by atoms with van der Waals surface area (Å²) in [5.41, 5.74) is 0.261. The number of sulfone groups is 1. The minimum atomic E-state index is -3.56. The molecule has 5 heteroatoms. The molecule has 1 rings (SSSR count). The van der Waals surface area contributed by atoms with Gasteiger partial charge in [-0.15, -0.1) is 0 Å². The molecular formula is C9H7NO3S. The zero-order chi connectivity index (χ0) is 10.6. The number of carbonyl (C=O) groups is 1. The van der Waals surface area contributed by atoms with E-state index in [0.29, 0.717) is 6.29 Å². The number of nitrogens with zero attached hydrogens (tertiary/aromatic N) is 1. The molecule has 0 aromatic heterocycles. The van der Waals surface area contributed by atoms with Gasteiger partial charge in [0.15, 0.2) is 9.84 Å². The second-order valence-corrected chi connectivity index (χ2v) is 4.62. The molecule has 0 radical (unpaired) electrons. The van der Waals surface area contributed by atoms with Crippen LogP contribution in [0.1, 0.15) is 5.56 Å². The molecule has 0 unspecified atom stereocenters. The molecule has 1 aromatic carbocycles. The number of rotatable bonds is 3. The Balaban J connectivity index is 3.21. The molecule has 1 aromatic rings. The van der Waals surface area contributed by atoms with Crippen LogP contribution in [0.5, 0.6) is 0 Å². The molecule has 0 heterocycles. The van der Waals surface area contributed by atoms with E-state index in [2.05, 4.69) is 0 Å². The molecule has 0 bridgehead atoms. The van der Waals surface area contributed by atoms with Gasteiger partial charge < -0.3 is 4.79 Å². The summed E-state index contributed by atoms with van der Waals surface area (Å²) in [6.45, 7) is 0. The lowest BCUT2D eigenvalue weighted by Gasteiger charge is -1.99. The standard InChI is InChI=1S/C9H7NO3S/c10-7-8-2-1-3-9(6-8)14(12,13)5-4-11/h1-4,6H,5H2.